The SMILES string of the molecule is COc1ccc(Cl)cc1S(=O)(=O)Nc1ccc(F)c(C#Cc2cnc3[nH]ncc3c2)c1F. The number of ether oxygens (including phenoxy) is 1. The van der Waals surface area contributed by atoms with Gasteiger partial charge in [-0.25, -0.2) is 22.2 Å². The van der Waals surface area contributed by atoms with Crippen LogP contribution in [0, 0.1) is 23.5 Å². The molecule has 2 heterocycles. The van der Waals surface area contributed by atoms with Gasteiger partial charge in [-0.15, -0.1) is 0 Å². The average molecular weight is 475 g/mol. The summed E-state index contributed by atoms with van der Waals surface area (Å²) in [4.78, 5) is 3.80. The Labute approximate surface area is 186 Å². The predicted octanol–water partition coefficient (Wildman–Crippen LogP) is 4.10. The number of methoxy groups -OCH3 is 1. The van der Waals surface area contributed by atoms with E-state index in [-0.39, 0.29) is 15.7 Å². The number of halogens is 3. The Bertz CT molecular complexity index is 1510. The van der Waals surface area contributed by atoms with Gasteiger partial charge in [0.15, 0.2) is 11.5 Å². The van der Waals surface area contributed by atoms with Crippen LogP contribution >= 0.6 is 11.6 Å². The van der Waals surface area contributed by atoms with Gasteiger partial charge in [0.2, 0.25) is 0 Å². The first-order valence-corrected chi connectivity index (χ1v) is 10.8. The molecule has 0 unspecified atom stereocenters. The first-order chi connectivity index (χ1) is 15.3. The molecule has 162 valence electrons. The van der Waals surface area contributed by atoms with Crippen molar-refractivity contribution in [1.29, 1.82) is 0 Å². The third kappa shape index (κ3) is 4.21. The molecule has 0 saturated carbocycles. The molecule has 11 heteroatoms. The molecule has 0 aliphatic rings. The molecule has 4 aromatic rings. The Balaban J connectivity index is 1.71. The minimum atomic E-state index is -4.31. The van der Waals surface area contributed by atoms with Crippen LogP contribution in [0.2, 0.25) is 5.02 Å². The van der Waals surface area contributed by atoms with Gasteiger partial charge >= 0.3 is 0 Å². The normalized spacial score (nSPS) is 11.1. The van der Waals surface area contributed by atoms with E-state index in [0.717, 1.165) is 18.2 Å². The Kier molecular flexibility index (Phi) is 5.69. The highest BCUT2D eigenvalue weighted by atomic mass is 35.5. The number of nitrogens with zero attached hydrogens (tertiary/aromatic N) is 2. The largest absolute Gasteiger partial charge is 0.495 e. The number of aromatic amines is 1. The van der Waals surface area contributed by atoms with Gasteiger partial charge in [-0.3, -0.25) is 9.82 Å². The maximum Gasteiger partial charge on any atom is 0.265 e. The molecule has 2 N–H and O–H groups in total. The zero-order valence-electron chi connectivity index (χ0n) is 16.3. The average Bonchev–Trinajstić information content (AvgIpc) is 3.23. The van der Waals surface area contributed by atoms with E-state index in [1.165, 1.54) is 31.6 Å². The Morgan fingerprint density at radius 2 is 1.94 bits per heavy atom. The lowest BCUT2D eigenvalue weighted by Gasteiger charge is -2.13. The van der Waals surface area contributed by atoms with Crippen LogP contribution in [0.1, 0.15) is 11.1 Å². The minimum absolute atomic E-state index is 0.00609. The number of pyridine rings is 1. The van der Waals surface area contributed by atoms with Crippen molar-refractivity contribution in [3.05, 3.63) is 76.6 Å². The number of fused-ring (bicyclic) bond motifs is 1. The molecule has 2 aromatic heterocycles. The van der Waals surface area contributed by atoms with Gasteiger partial charge in [-0.1, -0.05) is 23.4 Å². The third-order valence-corrected chi connectivity index (χ3v) is 6.00. The predicted molar refractivity (Wildman–Crippen MR) is 115 cm³/mol. The summed E-state index contributed by atoms with van der Waals surface area (Å²) in [7, 11) is -3.02. The summed E-state index contributed by atoms with van der Waals surface area (Å²) >= 11 is 5.89. The van der Waals surface area contributed by atoms with E-state index in [9.17, 15) is 17.2 Å². The molecule has 0 aliphatic carbocycles. The number of nitrogens with one attached hydrogen (secondary N) is 2. The van der Waals surface area contributed by atoms with Crippen molar-refractivity contribution in [1.82, 2.24) is 15.2 Å². The quantitative estimate of drug-likeness (QED) is 0.434. The van der Waals surface area contributed by atoms with Crippen molar-refractivity contribution >= 4 is 38.3 Å². The number of H-pyrrole nitrogens is 1. The number of anilines is 1. The van der Waals surface area contributed by atoms with Gasteiger partial charge in [-0.2, -0.15) is 5.10 Å². The Morgan fingerprint density at radius 1 is 1.12 bits per heavy atom. The zero-order valence-corrected chi connectivity index (χ0v) is 17.9. The van der Waals surface area contributed by atoms with Gasteiger partial charge in [0.1, 0.15) is 16.5 Å². The van der Waals surface area contributed by atoms with Gasteiger partial charge < -0.3 is 4.74 Å². The summed E-state index contributed by atoms with van der Waals surface area (Å²) in [5, 5.41) is 7.34. The molecule has 0 aliphatic heterocycles. The van der Waals surface area contributed by atoms with Crippen LogP contribution in [-0.4, -0.2) is 30.7 Å². The van der Waals surface area contributed by atoms with E-state index >= 15 is 0 Å². The fourth-order valence-electron chi connectivity index (χ4n) is 2.85. The van der Waals surface area contributed by atoms with Crippen LogP contribution in [0.15, 0.2) is 53.7 Å². The van der Waals surface area contributed by atoms with Crippen molar-refractivity contribution in [2.45, 2.75) is 4.90 Å². The summed E-state index contributed by atoms with van der Waals surface area (Å²) in [6, 6.07) is 7.48. The molecule has 7 nitrogen and oxygen atoms in total. The van der Waals surface area contributed by atoms with Crippen LogP contribution in [-0.2, 0) is 10.0 Å². The van der Waals surface area contributed by atoms with Crippen LogP contribution in [0.4, 0.5) is 14.5 Å². The van der Waals surface area contributed by atoms with E-state index in [4.69, 9.17) is 16.3 Å². The third-order valence-electron chi connectivity index (χ3n) is 4.37. The zero-order chi connectivity index (χ0) is 22.9. The summed E-state index contributed by atoms with van der Waals surface area (Å²) in [5.41, 5.74) is -0.148. The molecule has 0 spiro atoms. The molecule has 0 amide bonds. The lowest BCUT2D eigenvalue weighted by atomic mass is 10.1. The number of aromatic nitrogens is 3. The second kappa shape index (κ2) is 8.45. The molecule has 0 fully saturated rings. The molecule has 0 bridgehead atoms. The van der Waals surface area contributed by atoms with Crippen molar-refractivity contribution in [3.8, 4) is 17.6 Å². The van der Waals surface area contributed by atoms with Gasteiger partial charge in [0.25, 0.3) is 10.0 Å². The summed E-state index contributed by atoms with van der Waals surface area (Å²) in [6.45, 7) is 0. The number of benzene rings is 2. The Hall–Kier alpha value is -3.68. The van der Waals surface area contributed by atoms with Crippen LogP contribution in [0.3, 0.4) is 0 Å². The van der Waals surface area contributed by atoms with Gasteiger partial charge in [0, 0.05) is 22.2 Å². The number of sulfonamides is 1. The fraction of sp³-hybridized carbons (Fsp3) is 0.0476. The van der Waals surface area contributed by atoms with Gasteiger partial charge in [0.05, 0.1) is 24.6 Å². The molecular formula is C21H13ClF2N4O3S. The van der Waals surface area contributed by atoms with E-state index in [0.29, 0.717) is 16.6 Å². The smallest absolute Gasteiger partial charge is 0.265 e. The molecule has 4 rings (SSSR count). The second-order valence-electron chi connectivity index (χ2n) is 6.47. The molecule has 2 aromatic carbocycles. The van der Waals surface area contributed by atoms with Crippen molar-refractivity contribution in [2.24, 2.45) is 0 Å². The lowest BCUT2D eigenvalue weighted by Crippen LogP contribution is -2.15. The van der Waals surface area contributed by atoms with Crippen LogP contribution < -0.4 is 9.46 Å². The second-order valence-corrected chi connectivity index (χ2v) is 8.55. The molecule has 0 saturated heterocycles. The standard InChI is InChI=1S/C21H13ClF2N4O3S/c1-31-18-7-3-14(22)9-19(18)32(29,30)28-17-6-5-16(23)15(20(17)24)4-2-12-8-13-11-26-27-21(13)25-10-12/h3,5-11,28H,1H3,(H,25,26,27). The Morgan fingerprint density at radius 3 is 2.72 bits per heavy atom. The first kappa shape index (κ1) is 21.5. The van der Waals surface area contributed by atoms with Crippen molar-refractivity contribution in [2.75, 3.05) is 11.8 Å². The van der Waals surface area contributed by atoms with E-state index < -0.39 is 32.9 Å². The molecule has 0 atom stereocenters. The highest BCUT2D eigenvalue weighted by Crippen LogP contribution is 2.30. The van der Waals surface area contributed by atoms with Crippen molar-refractivity contribution in [3.63, 3.8) is 0 Å². The number of rotatable bonds is 4. The maximum absolute atomic E-state index is 15.0. The van der Waals surface area contributed by atoms with E-state index in [1.54, 1.807) is 6.07 Å². The summed E-state index contributed by atoms with van der Waals surface area (Å²) in [5.74, 6) is 2.91. The van der Waals surface area contributed by atoms with Crippen LogP contribution in [0.25, 0.3) is 11.0 Å². The first-order valence-electron chi connectivity index (χ1n) is 8.94. The maximum atomic E-state index is 15.0. The van der Waals surface area contributed by atoms with E-state index in [1.807, 2.05) is 0 Å². The van der Waals surface area contributed by atoms with Crippen LogP contribution in [0.5, 0.6) is 5.75 Å². The summed E-state index contributed by atoms with van der Waals surface area (Å²) < 4.78 is 62.0. The molecule has 32 heavy (non-hydrogen) atoms. The monoisotopic (exact) mass is 474 g/mol. The highest BCUT2D eigenvalue weighted by Gasteiger charge is 2.23. The lowest BCUT2D eigenvalue weighted by molar-refractivity contribution is 0.403. The highest BCUT2D eigenvalue weighted by molar-refractivity contribution is 7.92. The van der Waals surface area contributed by atoms with Gasteiger partial charge in [-0.05, 0) is 36.4 Å². The summed E-state index contributed by atoms with van der Waals surface area (Å²) in [6.07, 6.45) is 2.95. The number of hydrogen-bond acceptors (Lipinski definition) is 5. The molecular weight excluding hydrogens is 462 g/mol. The number of hydrogen-bond donors (Lipinski definition) is 2. The van der Waals surface area contributed by atoms with Crippen molar-refractivity contribution < 1.29 is 21.9 Å². The minimum Gasteiger partial charge on any atom is -0.495 e. The topological polar surface area (TPSA) is 97.0 Å². The van der Waals surface area contributed by atoms with E-state index in [2.05, 4.69) is 31.7 Å². The molecule has 0 radical (unpaired) electrons. The fourth-order valence-corrected chi connectivity index (χ4v) is 4.34.